The van der Waals surface area contributed by atoms with Crippen LogP contribution in [0.25, 0.3) is 0 Å². The van der Waals surface area contributed by atoms with Gasteiger partial charge in [-0.1, -0.05) is 6.08 Å². The maximum absolute atomic E-state index is 12.4. The van der Waals surface area contributed by atoms with E-state index in [0.29, 0.717) is 12.1 Å². The van der Waals surface area contributed by atoms with Crippen molar-refractivity contribution in [2.24, 2.45) is 0 Å². The second kappa shape index (κ2) is 8.49. The van der Waals surface area contributed by atoms with E-state index in [1.807, 2.05) is 12.1 Å². The Labute approximate surface area is 154 Å². The van der Waals surface area contributed by atoms with Gasteiger partial charge in [0.15, 0.2) is 0 Å². The third-order valence-corrected chi connectivity index (χ3v) is 4.45. The molecule has 0 bridgehead atoms. The van der Waals surface area contributed by atoms with Gasteiger partial charge in [-0.05, 0) is 43.4 Å². The highest BCUT2D eigenvalue weighted by molar-refractivity contribution is 6.04. The van der Waals surface area contributed by atoms with Gasteiger partial charge in [0.25, 0.3) is 5.91 Å². The first kappa shape index (κ1) is 17.9. The molecule has 0 aliphatic carbocycles. The average Bonchev–Trinajstić information content (AvgIpc) is 2.68. The smallest absolute Gasteiger partial charge is 0.257 e. The third kappa shape index (κ3) is 4.61. The van der Waals surface area contributed by atoms with Crippen LogP contribution in [-0.2, 0) is 0 Å². The lowest BCUT2D eigenvalue weighted by atomic mass is 10.2. The Kier molecular flexibility index (Phi) is 5.86. The van der Waals surface area contributed by atoms with Gasteiger partial charge >= 0.3 is 0 Å². The van der Waals surface area contributed by atoms with Gasteiger partial charge < -0.3 is 20.4 Å². The van der Waals surface area contributed by atoms with Gasteiger partial charge in [-0.2, -0.15) is 0 Å². The highest BCUT2D eigenvalue weighted by Crippen LogP contribution is 2.20. The Morgan fingerprint density at radius 1 is 1.15 bits per heavy atom. The minimum atomic E-state index is -0.167. The van der Waals surface area contributed by atoms with Crippen LogP contribution < -0.4 is 15.5 Å². The molecule has 3 rings (SSSR count). The molecule has 1 saturated heterocycles. The SMILES string of the molecule is C=CCNc1ccc(C(=O)Nc2ccc(N3CCN(C)CC3)cc2)cn1. The number of carbonyl (C=O) groups excluding carboxylic acids is 1. The Morgan fingerprint density at radius 3 is 2.50 bits per heavy atom. The van der Waals surface area contributed by atoms with Gasteiger partial charge in [0.2, 0.25) is 0 Å². The Hall–Kier alpha value is -2.86. The number of hydrogen-bond acceptors (Lipinski definition) is 5. The van der Waals surface area contributed by atoms with Crippen LogP contribution in [0.15, 0.2) is 55.3 Å². The van der Waals surface area contributed by atoms with Crippen molar-refractivity contribution in [2.75, 3.05) is 55.3 Å². The fourth-order valence-electron chi connectivity index (χ4n) is 2.83. The molecule has 1 fully saturated rings. The Balaban J connectivity index is 1.58. The van der Waals surface area contributed by atoms with Gasteiger partial charge in [0.05, 0.1) is 5.56 Å². The fourth-order valence-corrected chi connectivity index (χ4v) is 2.83. The lowest BCUT2D eigenvalue weighted by Gasteiger charge is -2.34. The van der Waals surface area contributed by atoms with Gasteiger partial charge in [0.1, 0.15) is 5.82 Å². The molecule has 0 saturated carbocycles. The van der Waals surface area contributed by atoms with Crippen molar-refractivity contribution < 1.29 is 4.79 Å². The van der Waals surface area contributed by atoms with E-state index in [2.05, 4.69) is 51.2 Å². The number of benzene rings is 1. The predicted molar refractivity (Wildman–Crippen MR) is 107 cm³/mol. The van der Waals surface area contributed by atoms with Crippen molar-refractivity contribution in [1.82, 2.24) is 9.88 Å². The van der Waals surface area contributed by atoms with Crippen LogP contribution in [-0.4, -0.2) is 55.6 Å². The number of likely N-dealkylation sites (N-methyl/N-ethyl adjacent to an activating group) is 1. The number of pyridine rings is 1. The number of carbonyl (C=O) groups is 1. The van der Waals surface area contributed by atoms with E-state index < -0.39 is 0 Å². The maximum atomic E-state index is 12.4. The van der Waals surface area contributed by atoms with Crippen molar-refractivity contribution >= 4 is 23.1 Å². The summed E-state index contributed by atoms with van der Waals surface area (Å²) in [6.45, 7) is 8.49. The highest BCUT2D eigenvalue weighted by atomic mass is 16.1. The van der Waals surface area contributed by atoms with Gasteiger partial charge in [-0.15, -0.1) is 6.58 Å². The molecule has 2 aromatic rings. The largest absolute Gasteiger partial charge is 0.369 e. The zero-order valence-electron chi connectivity index (χ0n) is 15.1. The van der Waals surface area contributed by atoms with E-state index in [0.717, 1.165) is 37.7 Å². The zero-order valence-corrected chi connectivity index (χ0v) is 15.1. The molecule has 2 heterocycles. The highest BCUT2D eigenvalue weighted by Gasteiger charge is 2.14. The first-order chi connectivity index (χ1) is 12.7. The summed E-state index contributed by atoms with van der Waals surface area (Å²) in [6.07, 6.45) is 3.33. The van der Waals surface area contributed by atoms with Gasteiger partial charge in [-0.25, -0.2) is 4.98 Å². The molecular weight excluding hydrogens is 326 g/mol. The summed E-state index contributed by atoms with van der Waals surface area (Å²) < 4.78 is 0. The summed E-state index contributed by atoms with van der Waals surface area (Å²) in [5.41, 5.74) is 2.49. The molecule has 1 aliphatic heterocycles. The van der Waals surface area contributed by atoms with Crippen molar-refractivity contribution in [2.45, 2.75) is 0 Å². The predicted octanol–water partition coefficient (Wildman–Crippen LogP) is 2.68. The molecule has 136 valence electrons. The van der Waals surface area contributed by atoms with Gasteiger partial charge in [0, 0.05) is 50.3 Å². The summed E-state index contributed by atoms with van der Waals surface area (Å²) in [7, 11) is 2.15. The monoisotopic (exact) mass is 351 g/mol. The van der Waals surface area contributed by atoms with Crippen LogP contribution in [0, 0.1) is 0 Å². The number of hydrogen-bond donors (Lipinski definition) is 2. The molecule has 0 spiro atoms. The molecule has 26 heavy (non-hydrogen) atoms. The third-order valence-electron chi connectivity index (χ3n) is 4.45. The topological polar surface area (TPSA) is 60.5 Å². The van der Waals surface area contributed by atoms with Crippen molar-refractivity contribution in [1.29, 1.82) is 0 Å². The standard InChI is InChI=1S/C20H25N5O/c1-3-10-21-19-9-4-16(15-22-19)20(26)23-17-5-7-18(8-6-17)25-13-11-24(2)12-14-25/h3-9,15H,1,10-14H2,2H3,(H,21,22)(H,23,26). The summed E-state index contributed by atoms with van der Waals surface area (Å²) in [5, 5.41) is 6.00. The number of rotatable bonds is 6. The Morgan fingerprint density at radius 2 is 1.88 bits per heavy atom. The minimum absolute atomic E-state index is 0.167. The van der Waals surface area contributed by atoms with E-state index in [-0.39, 0.29) is 5.91 Å². The van der Waals surface area contributed by atoms with Crippen LogP contribution in [0.5, 0.6) is 0 Å². The summed E-state index contributed by atoms with van der Waals surface area (Å²) in [4.78, 5) is 21.3. The second-order valence-electron chi connectivity index (χ2n) is 6.39. The lowest BCUT2D eigenvalue weighted by Crippen LogP contribution is -2.44. The van der Waals surface area contributed by atoms with Crippen LogP contribution in [0.4, 0.5) is 17.2 Å². The summed E-state index contributed by atoms with van der Waals surface area (Å²) >= 11 is 0. The lowest BCUT2D eigenvalue weighted by molar-refractivity contribution is 0.102. The van der Waals surface area contributed by atoms with Crippen molar-refractivity contribution in [3.05, 3.63) is 60.8 Å². The Bertz CT molecular complexity index is 734. The zero-order chi connectivity index (χ0) is 18.4. The molecule has 0 radical (unpaired) electrons. The van der Waals surface area contributed by atoms with Gasteiger partial charge in [-0.3, -0.25) is 4.79 Å². The van der Waals surface area contributed by atoms with Crippen LogP contribution in [0.1, 0.15) is 10.4 Å². The molecule has 6 heteroatoms. The first-order valence-corrected chi connectivity index (χ1v) is 8.81. The minimum Gasteiger partial charge on any atom is -0.369 e. The van der Waals surface area contributed by atoms with Crippen LogP contribution in [0.2, 0.25) is 0 Å². The quantitative estimate of drug-likeness (QED) is 0.784. The van der Waals surface area contributed by atoms with E-state index in [1.54, 1.807) is 24.4 Å². The summed E-state index contributed by atoms with van der Waals surface area (Å²) in [5.74, 6) is 0.554. The molecule has 2 N–H and O–H groups in total. The number of anilines is 3. The number of nitrogens with zero attached hydrogens (tertiary/aromatic N) is 3. The van der Waals surface area contributed by atoms with Crippen molar-refractivity contribution in [3.8, 4) is 0 Å². The molecule has 0 atom stereocenters. The maximum Gasteiger partial charge on any atom is 0.257 e. The molecule has 0 unspecified atom stereocenters. The molecule has 6 nitrogen and oxygen atoms in total. The van der Waals surface area contributed by atoms with E-state index in [9.17, 15) is 4.79 Å². The number of aromatic nitrogens is 1. The van der Waals surface area contributed by atoms with Crippen molar-refractivity contribution in [3.63, 3.8) is 0 Å². The molecule has 1 aromatic heterocycles. The van der Waals surface area contributed by atoms with E-state index in [4.69, 9.17) is 0 Å². The van der Waals surface area contributed by atoms with E-state index >= 15 is 0 Å². The molecular formula is C20H25N5O. The van der Waals surface area contributed by atoms with E-state index in [1.165, 1.54) is 5.69 Å². The molecule has 1 amide bonds. The number of amides is 1. The normalized spacial score (nSPS) is 14.7. The molecule has 1 aliphatic rings. The summed E-state index contributed by atoms with van der Waals surface area (Å²) in [6, 6.07) is 11.5. The first-order valence-electron chi connectivity index (χ1n) is 8.81. The molecule has 1 aromatic carbocycles. The fraction of sp³-hybridized carbons (Fsp3) is 0.300. The number of piperazine rings is 1. The average molecular weight is 351 g/mol. The second-order valence-corrected chi connectivity index (χ2v) is 6.39. The van der Waals surface area contributed by atoms with Crippen LogP contribution >= 0.6 is 0 Å². The van der Waals surface area contributed by atoms with Crippen LogP contribution in [0.3, 0.4) is 0 Å². The number of nitrogens with one attached hydrogen (secondary N) is 2.